The van der Waals surface area contributed by atoms with E-state index < -0.39 is 0 Å². The first-order valence-corrected chi connectivity index (χ1v) is 19.8. The highest BCUT2D eigenvalue weighted by atomic mass is 15.0. The molecule has 0 saturated heterocycles. The van der Waals surface area contributed by atoms with Gasteiger partial charge in [-0.05, 0) is 104 Å². The summed E-state index contributed by atoms with van der Waals surface area (Å²) in [5.74, 6) is 0. The lowest BCUT2D eigenvalue weighted by Gasteiger charge is -2.13. The minimum Gasteiger partial charge on any atom is -0.309 e. The van der Waals surface area contributed by atoms with Gasteiger partial charge in [0.15, 0.2) is 0 Å². The molecule has 1 aliphatic rings. The molecule has 0 fully saturated rings. The molecule has 2 nitrogen and oxygen atoms in total. The molecule has 12 rings (SSSR count). The normalized spacial score (nSPS) is 12.1. The van der Waals surface area contributed by atoms with Gasteiger partial charge in [-0.2, -0.15) is 0 Å². The van der Waals surface area contributed by atoms with E-state index in [-0.39, 0.29) is 0 Å². The van der Waals surface area contributed by atoms with E-state index in [1.807, 2.05) is 0 Å². The van der Waals surface area contributed by atoms with Crippen molar-refractivity contribution in [2.45, 2.75) is 6.42 Å². The molecule has 9 aromatic carbocycles. The number of nitrogens with zero attached hydrogens (tertiary/aromatic N) is 2. The average Bonchev–Trinajstić information content (AvgIpc) is 3.95. The van der Waals surface area contributed by atoms with E-state index in [2.05, 4.69) is 215 Å². The van der Waals surface area contributed by atoms with E-state index in [1.54, 1.807) is 0 Å². The fourth-order valence-electron chi connectivity index (χ4n) is 9.69. The molecule has 0 unspecified atom stereocenters. The number of benzene rings is 9. The van der Waals surface area contributed by atoms with Crippen molar-refractivity contribution in [2.24, 2.45) is 0 Å². The van der Waals surface area contributed by atoms with E-state index in [9.17, 15) is 0 Å². The Morgan fingerprint density at radius 3 is 1.49 bits per heavy atom. The summed E-state index contributed by atoms with van der Waals surface area (Å²) >= 11 is 0. The standard InChI is InChI=1S/C55H36N2/c1-3-14-36(15-4-1)38-28-30-41(31-29-38)56-49-25-9-7-20-45(49)54-52(56)32-33-53-55(54)46-21-8-10-26-50(46)57(53)51-27-13-24-44-43-23-12-22-42(47(43)35-48(44)51)40-19-11-18-39(34-40)37-16-5-2-6-17-37/h1-34H,35H2. The molecule has 0 N–H and O–H groups in total. The van der Waals surface area contributed by atoms with Gasteiger partial charge in [0.05, 0.1) is 27.8 Å². The molecule has 266 valence electrons. The molecule has 0 radical (unpaired) electrons. The van der Waals surface area contributed by atoms with Gasteiger partial charge in [-0.1, -0.05) is 158 Å². The van der Waals surface area contributed by atoms with Gasteiger partial charge in [-0.3, -0.25) is 0 Å². The van der Waals surface area contributed by atoms with Crippen molar-refractivity contribution < 1.29 is 0 Å². The minimum absolute atomic E-state index is 0.876. The first-order chi connectivity index (χ1) is 28.3. The number of rotatable bonds is 5. The zero-order chi connectivity index (χ0) is 37.5. The van der Waals surface area contributed by atoms with Crippen LogP contribution in [-0.2, 0) is 6.42 Å². The number of hydrogen-bond acceptors (Lipinski definition) is 0. The second-order valence-corrected chi connectivity index (χ2v) is 15.2. The molecule has 0 bridgehead atoms. The van der Waals surface area contributed by atoms with Crippen LogP contribution in [0.5, 0.6) is 0 Å². The molecule has 2 aromatic heterocycles. The van der Waals surface area contributed by atoms with Gasteiger partial charge in [-0.15, -0.1) is 0 Å². The van der Waals surface area contributed by atoms with Gasteiger partial charge in [0.1, 0.15) is 0 Å². The molecular formula is C55H36N2. The number of aromatic nitrogens is 2. The van der Waals surface area contributed by atoms with Gasteiger partial charge < -0.3 is 9.13 Å². The van der Waals surface area contributed by atoms with E-state index in [0.717, 1.165) is 12.1 Å². The van der Waals surface area contributed by atoms with Crippen molar-refractivity contribution >= 4 is 43.6 Å². The van der Waals surface area contributed by atoms with E-state index in [1.165, 1.54) is 105 Å². The lowest BCUT2D eigenvalue weighted by molar-refractivity contribution is 1.12. The Morgan fingerprint density at radius 1 is 0.298 bits per heavy atom. The Labute approximate surface area is 331 Å². The lowest BCUT2D eigenvalue weighted by atomic mass is 9.93. The van der Waals surface area contributed by atoms with Crippen molar-refractivity contribution in [2.75, 3.05) is 0 Å². The highest BCUT2D eigenvalue weighted by Gasteiger charge is 2.27. The summed E-state index contributed by atoms with van der Waals surface area (Å²) in [7, 11) is 0. The zero-order valence-corrected chi connectivity index (χ0v) is 31.2. The molecular weight excluding hydrogens is 689 g/mol. The molecule has 1 aliphatic carbocycles. The smallest absolute Gasteiger partial charge is 0.0549 e. The molecule has 0 saturated carbocycles. The maximum absolute atomic E-state index is 2.53. The fraction of sp³-hybridized carbons (Fsp3) is 0.0182. The third-order valence-corrected chi connectivity index (χ3v) is 12.2. The predicted octanol–water partition coefficient (Wildman–Crippen LogP) is 14.5. The molecule has 0 atom stereocenters. The predicted molar refractivity (Wildman–Crippen MR) is 240 cm³/mol. The van der Waals surface area contributed by atoms with Crippen molar-refractivity contribution in [1.82, 2.24) is 9.13 Å². The van der Waals surface area contributed by atoms with Crippen molar-refractivity contribution in [3.8, 4) is 55.9 Å². The molecule has 2 heterocycles. The monoisotopic (exact) mass is 724 g/mol. The van der Waals surface area contributed by atoms with Crippen LogP contribution < -0.4 is 0 Å². The van der Waals surface area contributed by atoms with E-state index >= 15 is 0 Å². The third-order valence-electron chi connectivity index (χ3n) is 12.2. The van der Waals surface area contributed by atoms with Crippen LogP contribution in [0, 0.1) is 0 Å². The van der Waals surface area contributed by atoms with Crippen LogP contribution in [-0.4, -0.2) is 9.13 Å². The van der Waals surface area contributed by atoms with Crippen LogP contribution in [0.15, 0.2) is 206 Å². The molecule has 0 amide bonds. The van der Waals surface area contributed by atoms with E-state index in [0.29, 0.717) is 0 Å². The van der Waals surface area contributed by atoms with Crippen LogP contribution in [0.2, 0.25) is 0 Å². The minimum atomic E-state index is 0.876. The zero-order valence-electron chi connectivity index (χ0n) is 31.2. The van der Waals surface area contributed by atoms with Gasteiger partial charge in [0.2, 0.25) is 0 Å². The number of para-hydroxylation sites is 2. The Balaban J connectivity index is 1.04. The maximum Gasteiger partial charge on any atom is 0.0549 e. The summed E-state index contributed by atoms with van der Waals surface area (Å²) in [6.45, 7) is 0. The molecule has 57 heavy (non-hydrogen) atoms. The largest absolute Gasteiger partial charge is 0.309 e. The van der Waals surface area contributed by atoms with Crippen molar-refractivity contribution in [3.63, 3.8) is 0 Å². The highest BCUT2D eigenvalue weighted by Crippen LogP contribution is 2.47. The fourth-order valence-corrected chi connectivity index (χ4v) is 9.69. The molecule has 2 heteroatoms. The van der Waals surface area contributed by atoms with Crippen molar-refractivity contribution in [1.29, 1.82) is 0 Å². The van der Waals surface area contributed by atoms with Gasteiger partial charge in [0, 0.05) is 33.7 Å². The van der Waals surface area contributed by atoms with Gasteiger partial charge >= 0.3 is 0 Å². The third kappa shape index (κ3) is 4.84. The van der Waals surface area contributed by atoms with Crippen LogP contribution in [0.1, 0.15) is 11.1 Å². The summed E-state index contributed by atoms with van der Waals surface area (Å²) in [5, 5.41) is 5.13. The number of hydrogen-bond donors (Lipinski definition) is 0. The van der Waals surface area contributed by atoms with Crippen LogP contribution in [0.25, 0.3) is 99.5 Å². The second-order valence-electron chi connectivity index (χ2n) is 15.2. The summed E-state index contributed by atoms with van der Waals surface area (Å²) in [6, 6.07) is 75.6. The summed E-state index contributed by atoms with van der Waals surface area (Å²) in [4.78, 5) is 0. The average molecular weight is 725 g/mol. The molecule has 0 spiro atoms. The first-order valence-electron chi connectivity index (χ1n) is 19.8. The SMILES string of the molecule is c1ccc(-c2ccc(-n3c4ccccc4c4c5c6ccccc6n(-c6cccc7c6Cc6c(-c8cccc(-c9ccccc9)c8)cccc6-7)c5ccc43)cc2)cc1. The quantitative estimate of drug-likeness (QED) is 0.167. The second kappa shape index (κ2) is 12.6. The van der Waals surface area contributed by atoms with Crippen LogP contribution >= 0.6 is 0 Å². The van der Waals surface area contributed by atoms with E-state index in [4.69, 9.17) is 0 Å². The topological polar surface area (TPSA) is 9.86 Å². The Bertz CT molecular complexity index is 3350. The maximum atomic E-state index is 2.53. The lowest BCUT2D eigenvalue weighted by Crippen LogP contribution is -1.99. The highest BCUT2D eigenvalue weighted by molar-refractivity contribution is 6.29. The van der Waals surface area contributed by atoms with Crippen LogP contribution in [0.4, 0.5) is 0 Å². The Kier molecular flexibility index (Phi) is 7.02. The summed E-state index contributed by atoms with van der Waals surface area (Å²) in [6.07, 6.45) is 0.876. The molecule has 11 aromatic rings. The number of fused-ring (bicyclic) bond motifs is 10. The summed E-state index contributed by atoms with van der Waals surface area (Å²) in [5.41, 5.74) is 20.2. The van der Waals surface area contributed by atoms with Crippen LogP contribution in [0.3, 0.4) is 0 Å². The Morgan fingerprint density at radius 2 is 0.789 bits per heavy atom. The van der Waals surface area contributed by atoms with Gasteiger partial charge in [0.25, 0.3) is 0 Å². The van der Waals surface area contributed by atoms with Gasteiger partial charge in [-0.25, -0.2) is 0 Å². The first kappa shape index (κ1) is 31.9. The Hall–Kier alpha value is -7.42. The van der Waals surface area contributed by atoms with Crippen molar-refractivity contribution in [3.05, 3.63) is 217 Å². The molecule has 0 aliphatic heterocycles. The summed E-state index contributed by atoms with van der Waals surface area (Å²) < 4.78 is 4.97.